The molecule has 0 saturated carbocycles. The predicted molar refractivity (Wildman–Crippen MR) is 266 cm³/mol. The molecule has 68 heavy (non-hydrogen) atoms. The molecular weight excluding hydrogens is 861 g/mol. The number of unbranched alkanes of at least 4 members (excludes halogenated alkanes) is 4. The Balaban J connectivity index is 0.940. The number of urea groups is 1. The first kappa shape index (κ1) is 50.3. The van der Waals surface area contributed by atoms with E-state index < -0.39 is 42.1 Å². The number of alkyl carbamates (subject to hydrolysis) is 2. The van der Waals surface area contributed by atoms with Gasteiger partial charge >= 0.3 is 18.2 Å². The first-order valence-electron chi connectivity index (χ1n) is 23.8. The van der Waals surface area contributed by atoms with Crippen LogP contribution < -0.4 is 38.1 Å². The van der Waals surface area contributed by atoms with Crippen molar-refractivity contribution in [2.75, 3.05) is 30.7 Å². The van der Waals surface area contributed by atoms with E-state index in [0.717, 1.165) is 83.7 Å². The number of hydrogen-bond donors (Lipinski definition) is 7. The van der Waals surface area contributed by atoms with Gasteiger partial charge in [-0.05, 0) is 114 Å². The monoisotopic (exact) mass is 927 g/mol. The van der Waals surface area contributed by atoms with E-state index >= 15 is 0 Å². The molecule has 0 aliphatic heterocycles. The Hall–Kier alpha value is -7.16. The number of primary amides is 1. The van der Waals surface area contributed by atoms with E-state index in [1.54, 1.807) is 38.1 Å². The fourth-order valence-corrected chi connectivity index (χ4v) is 8.57. The van der Waals surface area contributed by atoms with E-state index in [4.69, 9.17) is 20.9 Å². The van der Waals surface area contributed by atoms with E-state index in [1.807, 2.05) is 48.5 Å². The molecule has 15 heteroatoms. The number of nitrogens with one attached hydrogen (secondary N) is 5. The van der Waals surface area contributed by atoms with Crippen LogP contribution in [0.1, 0.15) is 106 Å². The smallest absolute Gasteiger partial charge is 0.407 e. The van der Waals surface area contributed by atoms with Gasteiger partial charge in [-0.3, -0.25) is 9.59 Å². The van der Waals surface area contributed by atoms with Crippen molar-refractivity contribution in [3.63, 3.8) is 0 Å². The van der Waals surface area contributed by atoms with Gasteiger partial charge in [0.25, 0.3) is 0 Å². The standard InChI is InChI=1S/C53H66N8O7/c1-4-5-7-17-37-31-43-36(18-14-23-45(43)59-48(37)54)16-8-6-13-29-57-52(65)67-32-35-25-27-38(28-26-35)58-49(62)46(24-15-30-56-51(55)64)60-50(63)47(34(2)3)61-53(66)68-33-44-41-21-11-9-19-39(41)40-20-10-12-22-42(40)44/h9-12,14,18-23,25-28,31,34,44,46-47H,4-8,13,15-17,24,29-30,32-33H2,1-3H3,(H2,54,59)(H,57,65)(H,58,62)(H,60,63)(H,61,66)(H3,55,56,64)/t46-,47-/m0/s1. The number of aromatic nitrogens is 1. The zero-order chi connectivity index (χ0) is 48.4. The molecule has 0 saturated heterocycles. The minimum atomic E-state index is -1.03. The Morgan fingerprint density at radius 3 is 2.06 bits per heavy atom. The van der Waals surface area contributed by atoms with Crippen molar-refractivity contribution >= 4 is 52.4 Å². The molecule has 0 bridgehead atoms. The maximum Gasteiger partial charge on any atom is 0.407 e. The van der Waals surface area contributed by atoms with Crippen LogP contribution in [0.15, 0.2) is 97.1 Å². The van der Waals surface area contributed by atoms with Gasteiger partial charge in [-0.15, -0.1) is 0 Å². The van der Waals surface area contributed by atoms with E-state index in [2.05, 4.69) is 62.8 Å². The summed E-state index contributed by atoms with van der Waals surface area (Å²) in [6.07, 6.45) is 7.17. The number of benzene rings is 4. The molecule has 9 N–H and O–H groups in total. The number of aryl methyl sites for hydroxylation is 2. The minimum Gasteiger partial charge on any atom is -0.449 e. The van der Waals surface area contributed by atoms with Gasteiger partial charge in [0.15, 0.2) is 0 Å². The highest BCUT2D eigenvalue weighted by Crippen LogP contribution is 2.44. The first-order valence-corrected chi connectivity index (χ1v) is 23.8. The summed E-state index contributed by atoms with van der Waals surface area (Å²) in [5, 5.41) is 14.8. The van der Waals surface area contributed by atoms with Gasteiger partial charge in [-0.1, -0.05) is 113 Å². The molecule has 5 aromatic rings. The van der Waals surface area contributed by atoms with Gasteiger partial charge in [-0.25, -0.2) is 19.4 Å². The molecule has 2 atom stereocenters. The van der Waals surface area contributed by atoms with Gasteiger partial charge in [0.05, 0.1) is 5.52 Å². The highest BCUT2D eigenvalue weighted by Gasteiger charge is 2.32. The Bertz CT molecular complexity index is 2470. The lowest BCUT2D eigenvalue weighted by atomic mass is 9.98. The van der Waals surface area contributed by atoms with Gasteiger partial charge < -0.3 is 47.5 Å². The second-order valence-corrected chi connectivity index (χ2v) is 17.7. The average molecular weight is 927 g/mol. The largest absolute Gasteiger partial charge is 0.449 e. The molecule has 0 spiro atoms. The number of nitrogen functional groups attached to an aromatic ring is 1. The number of fused-ring (bicyclic) bond motifs is 4. The number of nitrogens with two attached hydrogens (primary N) is 2. The average Bonchev–Trinajstić information content (AvgIpc) is 3.65. The third-order valence-corrected chi connectivity index (χ3v) is 12.3. The third kappa shape index (κ3) is 14.2. The summed E-state index contributed by atoms with van der Waals surface area (Å²) in [5.41, 5.74) is 20.3. The number of rotatable bonds is 24. The topological polar surface area (TPSA) is 229 Å². The van der Waals surface area contributed by atoms with Crippen LogP contribution in [0.5, 0.6) is 0 Å². The van der Waals surface area contributed by atoms with Crippen molar-refractivity contribution in [1.82, 2.24) is 26.3 Å². The Morgan fingerprint density at radius 2 is 1.37 bits per heavy atom. The Morgan fingerprint density at radius 1 is 0.691 bits per heavy atom. The highest BCUT2D eigenvalue weighted by atomic mass is 16.6. The normalized spacial score (nSPS) is 12.6. The lowest BCUT2D eigenvalue weighted by Gasteiger charge is -2.25. The van der Waals surface area contributed by atoms with E-state index in [0.29, 0.717) is 30.0 Å². The molecule has 6 rings (SSSR count). The van der Waals surface area contributed by atoms with Crippen LogP contribution >= 0.6 is 0 Å². The molecule has 0 fully saturated rings. The summed E-state index contributed by atoms with van der Waals surface area (Å²) in [6, 6.07) is 28.5. The van der Waals surface area contributed by atoms with Crippen molar-refractivity contribution in [3.05, 3.63) is 125 Å². The van der Waals surface area contributed by atoms with E-state index in [-0.39, 0.29) is 38.0 Å². The molecular formula is C53H66N8O7. The lowest BCUT2D eigenvalue weighted by Crippen LogP contribution is -2.54. The molecule has 1 aromatic heterocycles. The van der Waals surface area contributed by atoms with Crippen LogP contribution in [0.25, 0.3) is 22.0 Å². The molecule has 0 radical (unpaired) electrons. The van der Waals surface area contributed by atoms with Crippen LogP contribution in [0.4, 0.5) is 25.9 Å². The maximum absolute atomic E-state index is 13.7. The molecule has 15 nitrogen and oxygen atoms in total. The van der Waals surface area contributed by atoms with E-state index in [1.165, 1.54) is 12.0 Å². The third-order valence-electron chi connectivity index (χ3n) is 12.3. The molecule has 1 heterocycles. The Kier molecular flexibility index (Phi) is 18.6. The van der Waals surface area contributed by atoms with E-state index in [9.17, 15) is 24.0 Å². The lowest BCUT2D eigenvalue weighted by molar-refractivity contribution is -0.128. The number of carbonyl (C=O) groups is 5. The maximum atomic E-state index is 13.7. The van der Waals surface area contributed by atoms with Crippen molar-refractivity contribution in [3.8, 4) is 11.1 Å². The SMILES string of the molecule is CCCCCc1cc2c(CCCCCNC(=O)OCc3ccc(NC(=O)[C@H](CCCNC(N)=O)NC(=O)[C@@H](NC(=O)OCC4c5ccccc5-c5ccccc54)C(C)C)cc3)cccc2nc1N. The number of ether oxygens (including phenoxy) is 2. The summed E-state index contributed by atoms with van der Waals surface area (Å²) < 4.78 is 11.2. The molecule has 1 aliphatic carbocycles. The van der Waals surface area contributed by atoms with Crippen molar-refractivity contribution < 1.29 is 33.4 Å². The van der Waals surface area contributed by atoms with Crippen LogP contribution in [-0.2, 0) is 38.5 Å². The first-order chi connectivity index (χ1) is 32.9. The molecule has 1 aliphatic rings. The quantitative estimate of drug-likeness (QED) is 0.0293. The summed E-state index contributed by atoms with van der Waals surface area (Å²) in [4.78, 5) is 69.1. The van der Waals surface area contributed by atoms with Crippen LogP contribution in [0, 0.1) is 5.92 Å². The van der Waals surface area contributed by atoms with Gasteiger partial charge in [-0.2, -0.15) is 0 Å². The highest BCUT2D eigenvalue weighted by molar-refractivity contribution is 5.98. The molecule has 360 valence electrons. The number of nitrogens with zero attached hydrogens (tertiary/aromatic N) is 1. The summed E-state index contributed by atoms with van der Waals surface area (Å²) >= 11 is 0. The van der Waals surface area contributed by atoms with Gasteiger partial charge in [0.2, 0.25) is 11.8 Å². The molecule has 4 aromatic carbocycles. The molecule has 6 amide bonds. The van der Waals surface area contributed by atoms with Gasteiger partial charge in [0.1, 0.15) is 31.1 Å². The number of pyridine rings is 1. The fourth-order valence-electron chi connectivity index (χ4n) is 8.57. The van der Waals surface area contributed by atoms with Crippen molar-refractivity contribution in [1.29, 1.82) is 0 Å². The zero-order valence-electron chi connectivity index (χ0n) is 39.4. The number of anilines is 2. The fraction of sp³-hybridized carbons (Fsp3) is 0.396. The summed E-state index contributed by atoms with van der Waals surface area (Å²) in [7, 11) is 0. The Labute approximate surface area is 398 Å². The predicted octanol–water partition coefficient (Wildman–Crippen LogP) is 8.62. The second kappa shape index (κ2) is 25.1. The van der Waals surface area contributed by atoms with Crippen LogP contribution in [-0.4, -0.2) is 66.8 Å². The number of amides is 6. The number of carbonyl (C=O) groups excluding carboxylic acids is 5. The number of hydrogen-bond acceptors (Lipinski definition) is 9. The van der Waals surface area contributed by atoms with Crippen molar-refractivity contribution in [2.24, 2.45) is 11.7 Å². The zero-order valence-corrected chi connectivity index (χ0v) is 39.4. The van der Waals surface area contributed by atoms with Crippen LogP contribution in [0.2, 0.25) is 0 Å². The van der Waals surface area contributed by atoms with Gasteiger partial charge in [0, 0.05) is 30.1 Å². The van der Waals surface area contributed by atoms with Crippen LogP contribution in [0.3, 0.4) is 0 Å². The van der Waals surface area contributed by atoms with Crippen molar-refractivity contribution in [2.45, 2.75) is 110 Å². The summed E-state index contributed by atoms with van der Waals surface area (Å²) in [5.74, 6) is -0.971. The molecule has 0 unspecified atom stereocenters. The minimum absolute atomic E-state index is 0.0267. The summed E-state index contributed by atoms with van der Waals surface area (Å²) in [6.45, 7) is 6.52. The second-order valence-electron chi connectivity index (χ2n) is 17.7.